The highest BCUT2D eigenvalue weighted by Crippen LogP contribution is 2.36. The highest BCUT2D eigenvalue weighted by molar-refractivity contribution is 5.73. The lowest BCUT2D eigenvalue weighted by molar-refractivity contribution is -0.112. The normalized spacial score (nSPS) is 17.0. The Labute approximate surface area is 148 Å². The van der Waals surface area contributed by atoms with E-state index < -0.39 is 23.8 Å². The number of aldehydes is 1. The number of hydrogen-bond donors (Lipinski definition) is 1. The standard InChI is InChI=1S/C19H16F2N2O3/c20-15-6-7-17(21)16(11-15)14-10-18(13-4-2-1-3-5-13)23(12-14)22(8-9-24)19(25)26/h1-7,9-11,18H,8,12H2,(H,25,26)/t18-/m0/s1. The van der Waals surface area contributed by atoms with Gasteiger partial charge in [-0.05, 0) is 29.3 Å². The summed E-state index contributed by atoms with van der Waals surface area (Å²) in [5.74, 6) is -1.18. The van der Waals surface area contributed by atoms with Crippen LogP contribution in [0.5, 0.6) is 0 Å². The molecular formula is C19H16F2N2O3. The largest absolute Gasteiger partial charge is 0.464 e. The molecule has 1 heterocycles. The van der Waals surface area contributed by atoms with Crippen LogP contribution in [0.15, 0.2) is 54.6 Å². The number of halogens is 2. The van der Waals surface area contributed by atoms with E-state index in [1.54, 1.807) is 30.3 Å². The molecule has 0 spiro atoms. The van der Waals surface area contributed by atoms with Gasteiger partial charge in [-0.15, -0.1) is 0 Å². The molecule has 0 saturated heterocycles. The van der Waals surface area contributed by atoms with E-state index in [0.717, 1.165) is 28.8 Å². The zero-order valence-electron chi connectivity index (χ0n) is 13.7. The summed E-state index contributed by atoms with van der Waals surface area (Å²) in [7, 11) is 0. The van der Waals surface area contributed by atoms with E-state index in [1.165, 1.54) is 5.01 Å². The molecule has 0 saturated carbocycles. The molecule has 1 atom stereocenters. The molecule has 0 unspecified atom stereocenters. The van der Waals surface area contributed by atoms with E-state index in [9.17, 15) is 23.5 Å². The van der Waals surface area contributed by atoms with Gasteiger partial charge in [0.2, 0.25) is 0 Å². The second-order valence-electron chi connectivity index (χ2n) is 5.80. The monoisotopic (exact) mass is 358 g/mol. The molecule has 0 aliphatic carbocycles. The molecule has 1 aliphatic rings. The summed E-state index contributed by atoms with van der Waals surface area (Å²) in [4.78, 5) is 22.5. The summed E-state index contributed by atoms with van der Waals surface area (Å²) in [5.41, 5.74) is 1.30. The van der Waals surface area contributed by atoms with Crippen molar-refractivity contribution in [3.63, 3.8) is 0 Å². The third-order valence-electron chi connectivity index (χ3n) is 4.21. The third-order valence-corrected chi connectivity index (χ3v) is 4.21. The fourth-order valence-corrected chi connectivity index (χ4v) is 3.04. The molecule has 0 fully saturated rings. The zero-order chi connectivity index (χ0) is 18.7. The fraction of sp³-hybridized carbons (Fsp3) is 0.158. The van der Waals surface area contributed by atoms with Crippen LogP contribution in [-0.2, 0) is 4.79 Å². The summed E-state index contributed by atoms with van der Waals surface area (Å²) in [6, 6.07) is 11.6. The minimum Gasteiger partial charge on any atom is -0.464 e. The molecule has 26 heavy (non-hydrogen) atoms. The van der Waals surface area contributed by atoms with Gasteiger partial charge < -0.3 is 9.90 Å². The summed E-state index contributed by atoms with van der Waals surface area (Å²) in [5, 5.41) is 11.8. The van der Waals surface area contributed by atoms with Crippen LogP contribution in [0.25, 0.3) is 5.57 Å². The lowest BCUT2D eigenvalue weighted by Crippen LogP contribution is -2.46. The Bertz CT molecular complexity index is 855. The summed E-state index contributed by atoms with van der Waals surface area (Å²) >= 11 is 0. The van der Waals surface area contributed by atoms with E-state index in [0.29, 0.717) is 11.9 Å². The molecule has 1 aliphatic heterocycles. The van der Waals surface area contributed by atoms with Gasteiger partial charge in [0.05, 0.1) is 12.6 Å². The van der Waals surface area contributed by atoms with Crippen LogP contribution < -0.4 is 0 Å². The maximum atomic E-state index is 14.2. The van der Waals surface area contributed by atoms with Crippen LogP contribution in [0, 0.1) is 11.6 Å². The molecular weight excluding hydrogens is 342 g/mol. The number of nitrogens with zero attached hydrogens (tertiary/aromatic N) is 2. The van der Waals surface area contributed by atoms with Crippen molar-refractivity contribution in [2.45, 2.75) is 6.04 Å². The molecule has 2 aromatic carbocycles. The number of hydrazine groups is 1. The Kier molecular flexibility index (Phi) is 5.09. The summed E-state index contributed by atoms with van der Waals surface area (Å²) in [6.07, 6.45) is 0.873. The molecule has 1 N–H and O–H groups in total. The lowest BCUT2D eigenvalue weighted by atomic mass is 10.0. The summed E-state index contributed by atoms with van der Waals surface area (Å²) < 4.78 is 27.7. The van der Waals surface area contributed by atoms with Crippen LogP contribution in [-0.4, -0.2) is 40.6 Å². The second kappa shape index (κ2) is 7.45. The Balaban J connectivity index is 2.04. The predicted molar refractivity (Wildman–Crippen MR) is 91.0 cm³/mol. The van der Waals surface area contributed by atoms with Gasteiger partial charge in [-0.25, -0.2) is 18.6 Å². The number of carboxylic acid groups (broad SMARTS) is 1. The highest BCUT2D eigenvalue weighted by atomic mass is 19.1. The van der Waals surface area contributed by atoms with Crippen LogP contribution >= 0.6 is 0 Å². The first-order valence-corrected chi connectivity index (χ1v) is 7.93. The number of rotatable bonds is 5. The van der Waals surface area contributed by atoms with Gasteiger partial charge in [0.25, 0.3) is 0 Å². The molecule has 7 heteroatoms. The molecule has 5 nitrogen and oxygen atoms in total. The van der Waals surface area contributed by atoms with Gasteiger partial charge in [-0.3, -0.25) is 0 Å². The van der Waals surface area contributed by atoms with Crippen molar-refractivity contribution in [1.29, 1.82) is 0 Å². The Morgan fingerprint density at radius 3 is 2.62 bits per heavy atom. The Hall–Kier alpha value is -3.06. The maximum absolute atomic E-state index is 14.2. The average Bonchev–Trinajstić information content (AvgIpc) is 3.07. The topological polar surface area (TPSA) is 60.9 Å². The SMILES string of the molecule is O=CCN(C(=O)O)N1CC(c2cc(F)ccc2F)=C[C@H]1c1ccccc1. The van der Waals surface area contributed by atoms with Gasteiger partial charge in [0.15, 0.2) is 0 Å². The molecule has 3 rings (SSSR count). The van der Waals surface area contributed by atoms with Crippen LogP contribution in [0.4, 0.5) is 13.6 Å². The van der Waals surface area contributed by atoms with Crippen molar-refractivity contribution >= 4 is 18.0 Å². The van der Waals surface area contributed by atoms with E-state index in [2.05, 4.69) is 0 Å². The first-order valence-electron chi connectivity index (χ1n) is 7.93. The van der Waals surface area contributed by atoms with Crippen molar-refractivity contribution in [3.05, 3.63) is 77.4 Å². The third kappa shape index (κ3) is 3.48. The smallest absolute Gasteiger partial charge is 0.422 e. The minimum atomic E-state index is -1.30. The van der Waals surface area contributed by atoms with Gasteiger partial charge in [-0.2, -0.15) is 5.01 Å². The second-order valence-corrected chi connectivity index (χ2v) is 5.80. The van der Waals surface area contributed by atoms with Crippen molar-refractivity contribution in [2.24, 2.45) is 0 Å². The zero-order valence-corrected chi connectivity index (χ0v) is 13.7. The van der Waals surface area contributed by atoms with Crippen molar-refractivity contribution in [3.8, 4) is 0 Å². The number of carbonyl (C=O) groups is 2. The number of benzene rings is 2. The van der Waals surface area contributed by atoms with Gasteiger partial charge in [0.1, 0.15) is 17.9 Å². The number of amides is 1. The molecule has 0 aromatic heterocycles. The van der Waals surface area contributed by atoms with Crippen LogP contribution in [0.1, 0.15) is 17.2 Å². The molecule has 0 bridgehead atoms. The van der Waals surface area contributed by atoms with Crippen molar-refractivity contribution in [2.75, 3.05) is 13.1 Å². The summed E-state index contributed by atoms with van der Waals surface area (Å²) in [6.45, 7) is -0.328. The van der Waals surface area contributed by atoms with E-state index in [4.69, 9.17) is 0 Å². The first-order chi connectivity index (χ1) is 12.5. The Morgan fingerprint density at radius 1 is 1.23 bits per heavy atom. The number of hydrogen-bond acceptors (Lipinski definition) is 3. The van der Waals surface area contributed by atoms with Crippen LogP contribution in [0.3, 0.4) is 0 Å². The van der Waals surface area contributed by atoms with E-state index in [1.807, 2.05) is 6.07 Å². The Morgan fingerprint density at radius 2 is 1.96 bits per heavy atom. The average molecular weight is 358 g/mol. The maximum Gasteiger partial charge on any atom is 0.422 e. The van der Waals surface area contributed by atoms with Gasteiger partial charge in [-0.1, -0.05) is 36.4 Å². The van der Waals surface area contributed by atoms with Gasteiger partial charge >= 0.3 is 6.09 Å². The van der Waals surface area contributed by atoms with Gasteiger partial charge in [0, 0.05) is 12.1 Å². The number of carbonyl (C=O) groups excluding carboxylic acids is 1. The van der Waals surface area contributed by atoms with E-state index in [-0.39, 0.29) is 18.7 Å². The van der Waals surface area contributed by atoms with Crippen molar-refractivity contribution in [1.82, 2.24) is 10.0 Å². The quantitative estimate of drug-likeness (QED) is 0.831. The molecule has 134 valence electrons. The van der Waals surface area contributed by atoms with E-state index >= 15 is 0 Å². The molecule has 0 radical (unpaired) electrons. The lowest BCUT2D eigenvalue weighted by Gasteiger charge is -2.33. The predicted octanol–water partition coefficient (Wildman–Crippen LogP) is 3.50. The van der Waals surface area contributed by atoms with Crippen LogP contribution in [0.2, 0.25) is 0 Å². The molecule has 2 aromatic rings. The highest BCUT2D eigenvalue weighted by Gasteiger charge is 2.34. The minimum absolute atomic E-state index is 0.0279. The molecule has 1 amide bonds. The van der Waals surface area contributed by atoms with Crippen molar-refractivity contribution < 1.29 is 23.5 Å². The first kappa shape index (κ1) is 17.8. The fourth-order valence-electron chi connectivity index (χ4n) is 3.04.